The molecule has 2 rings (SSSR count). The number of allylic oxidation sites excluding steroid dienone is 1. The molecule has 0 spiro atoms. The summed E-state index contributed by atoms with van der Waals surface area (Å²) in [6.45, 7) is 6.03. The van der Waals surface area contributed by atoms with Gasteiger partial charge in [-0.3, -0.25) is 4.79 Å². The summed E-state index contributed by atoms with van der Waals surface area (Å²) >= 11 is 0. The number of hydrogen-bond acceptors (Lipinski definition) is 1. The molecule has 0 radical (unpaired) electrons. The van der Waals surface area contributed by atoms with Gasteiger partial charge in [0.05, 0.1) is 0 Å². The van der Waals surface area contributed by atoms with E-state index in [0.717, 1.165) is 24.8 Å². The van der Waals surface area contributed by atoms with E-state index in [1.54, 1.807) is 0 Å². The van der Waals surface area contributed by atoms with Crippen LogP contribution in [0, 0.1) is 0 Å². The predicted molar refractivity (Wildman–Crippen MR) is 52.0 cm³/mol. The summed E-state index contributed by atoms with van der Waals surface area (Å²) in [5.41, 5.74) is 2.35. The van der Waals surface area contributed by atoms with Crippen molar-refractivity contribution in [2.75, 3.05) is 0 Å². The highest BCUT2D eigenvalue weighted by atomic mass is 16.2. The Morgan fingerprint density at radius 2 is 2.38 bits per heavy atom. The molecule has 2 aliphatic heterocycles. The molecule has 1 fully saturated rings. The number of piperidine rings is 1. The van der Waals surface area contributed by atoms with Crippen LogP contribution in [0.15, 0.2) is 23.9 Å². The maximum Gasteiger partial charge on any atom is 0.226 e. The highest BCUT2D eigenvalue weighted by molar-refractivity contribution is 5.79. The zero-order valence-corrected chi connectivity index (χ0v) is 8.05. The van der Waals surface area contributed by atoms with Crippen molar-refractivity contribution in [1.29, 1.82) is 0 Å². The van der Waals surface area contributed by atoms with Gasteiger partial charge in [-0.25, -0.2) is 0 Å². The SMILES string of the molecule is C=C1CC2CCCC(=O)N2C=C1C. The molecule has 0 aliphatic carbocycles. The number of amides is 1. The number of carbonyl (C=O) groups is 1. The Bertz CT molecular complexity index is 290. The van der Waals surface area contributed by atoms with Gasteiger partial charge in [-0.1, -0.05) is 6.58 Å². The van der Waals surface area contributed by atoms with Crippen molar-refractivity contribution >= 4 is 5.91 Å². The van der Waals surface area contributed by atoms with E-state index in [4.69, 9.17) is 0 Å². The van der Waals surface area contributed by atoms with Crippen LogP contribution in [0.1, 0.15) is 32.6 Å². The Kier molecular flexibility index (Phi) is 1.98. The van der Waals surface area contributed by atoms with E-state index in [0.29, 0.717) is 12.5 Å². The Hall–Kier alpha value is -1.05. The van der Waals surface area contributed by atoms with Crippen molar-refractivity contribution in [2.45, 2.75) is 38.6 Å². The van der Waals surface area contributed by atoms with Gasteiger partial charge < -0.3 is 4.90 Å². The number of carbonyl (C=O) groups excluding carboxylic acids is 1. The molecule has 1 saturated heterocycles. The first kappa shape index (κ1) is 8.54. The minimum Gasteiger partial charge on any atom is -0.315 e. The maximum atomic E-state index is 11.5. The second-order valence-electron chi connectivity index (χ2n) is 3.97. The summed E-state index contributed by atoms with van der Waals surface area (Å²) in [6.07, 6.45) is 5.83. The van der Waals surface area contributed by atoms with Crippen LogP contribution in [0.25, 0.3) is 0 Å². The molecule has 13 heavy (non-hydrogen) atoms. The van der Waals surface area contributed by atoms with Gasteiger partial charge in [-0.15, -0.1) is 0 Å². The Balaban J connectivity index is 2.27. The summed E-state index contributed by atoms with van der Waals surface area (Å²) < 4.78 is 0. The van der Waals surface area contributed by atoms with Crippen molar-refractivity contribution in [1.82, 2.24) is 4.90 Å². The van der Waals surface area contributed by atoms with E-state index < -0.39 is 0 Å². The number of hydrogen-bond donors (Lipinski definition) is 0. The molecule has 70 valence electrons. The fourth-order valence-electron chi connectivity index (χ4n) is 2.08. The van der Waals surface area contributed by atoms with Crippen LogP contribution in [-0.2, 0) is 4.79 Å². The van der Waals surface area contributed by atoms with Gasteiger partial charge >= 0.3 is 0 Å². The average molecular weight is 177 g/mol. The van der Waals surface area contributed by atoms with E-state index in [1.165, 1.54) is 5.57 Å². The third-order valence-electron chi connectivity index (χ3n) is 2.98. The minimum atomic E-state index is 0.281. The summed E-state index contributed by atoms with van der Waals surface area (Å²) in [5, 5.41) is 0. The lowest BCUT2D eigenvalue weighted by Gasteiger charge is -2.37. The molecule has 2 heterocycles. The molecular formula is C11H15NO. The lowest BCUT2D eigenvalue weighted by molar-refractivity contribution is -0.133. The predicted octanol–water partition coefficient (Wildman–Crippen LogP) is 2.23. The van der Waals surface area contributed by atoms with Crippen LogP contribution in [0.3, 0.4) is 0 Å². The first-order valence-electron chi connectivity index (χ1n) is 4.86. The van der Waals surface area contributed by atoms with Crippen LogP contribution in [0.2, 0.25) is 0 Å². The van der Waals surface area contributed by atoms with Gasteiger partial charge in [0.25, 0.3) is 0 Å². The molecule has 0 bridgehead atoms. The fourth-order valence-corrected chi connectivity index (χ4v) is 2.08. The summed E-state index contributed by atoms with van der Waals surface area (Å²) in [5.74, 6) is 0.281. The van der Waals surface area contributed by atoms with E-state index in [1.807, 2.05) is 18.0 Å². The lowest BCUT2D eigenvalue weighted by Crippen LogP contribution is -2.42. The molecule has 0 N–H and O–H groups in total. The van der Waals surface area contributed by atoms with Gasteiger partial charge in [0.1, 0.15) is 0 Å². The van der Waals surface area contributed by atoms with Gasteiger partial charge in [-0.2, -0.15) is 0 Å². The molecule has 0 saturated carbocycles. The van der Waals surface area contributed by atoms with Crippen molar-refractivity contribution in [3.8, 4) is 0 Å². The third kappa shape index (κ3) is 1.41. The number of nitrogens with zero attached hydrogens (tertiary/aromatic N) is 1. The smallest absolute Gasteiger partial charge is 0.226 e. The average Bonchev–Trinajstić information content (AvgIpc) is 2.09. The zero-order valence-electron chi connectivity index (χ0n) is 8.05. The summed E-state index contributed by atoms with van der Waals surface area (Å²) in [7, 11) is 0. The van der Waals surface area contributed by atoms with E-state index >= 15 is 0 Å². The molecule has 2 aliphatic rings. The number of rotatable bonds is 0. The maximum absolute atomic E-state index is 11.5. The minimum absolute atomic E-state index is 0.281. The molecule has 2 nitrogen and oxygen atoms in total. The van der Waals surface area contributed by atoms with Gasteiger partial charge in [-0.05, 0) is 37.3 Å². The first-order valence-corrected chi connectivity index (χ1v) is 4.86. The van der Waals surface area contributed by atoms with E-state index in [2.05, 4.69) is 6.58 Å². The monoisotopic (exact) mass is 177 g/mol. The Morgan fingerprint density at radius 3 is 3.15 bits per heavy atom. The van der Waals surface area contributed by atoms with Crippen LogP contribution in [0.4, 0.5) is 0 Å². The highest BCUT2D eigenvalue weighted by Gasteiger charge is 2.29. The van der Waals surface area contributed by atoms with Gasteiger partial charge in [0, 0.05) is 18.7 Å². The Labute approximate surface area is 78.9 Å². The quantitative estimate of drug-likeness (QED) is 0.555. The first-order chi connectivity index (χ1) is 6.18. The van der Waals surface area contributed by atoms with Crippen molar-refractivity contribution in [3.63, 3.8) is 0 Å². The highest BCUT2D eigenvalue weighted by Crippen LogP contribution is 2.30. The van der Waals surface area contributed by atoms with Crippen molar-refractivity contribution in [2.24, 2.45) is 0 Å². The van der Waals surface area contributed by atoms with E-state index in [9.17, 15) is 4.79 Å². The number of fused-ring (bicyclic) bond motifs is 1. The van der Waals surface area contributed by atoms with Crippen molar-refractivity contribution in [3.05, 3.63) is 23.9 Å². The van der Waals surface area contributed by atoms with Crippen LogP contribution >= 0.6 is 0 Å². The molecule has 0 aromatic heterocycles. The third-order valence-corrected chi connectivity index (χ3v) is 2.98. The molecule has 1 amide bonds. The van der Waals surface area contributed by atoms with E-state index in [-0.39, 0.29) is 5.91 Å². The second kappa shape index (κ2) is 3.02. The normalized spacial score (nSPS) is 28.5. The largest absolute Gasteiger partial charge is 0.315 e. The van der Waals surface area contributed by atoms with Crippen LogP contribution in [-0.4, -0.2) is 16.8 Å². The van der Waals surface area contributed by atoms with Crippen molar-refractivity contribution < 1.29 is 4.79 Å². The zero-order chi connectivity index (χ0) is 9.42. The molecule has 1 unspecified atom stereocenters. The molecule has 0 aromatic rings. The van der Waals surface area contributed by atoms with Gasteiger partial charge in [0.2, 0.25) is 5.91 Å². The van der Waals surface area contributed by atoms with Crippen LogP contribution < -0.4 is 0 Å². The fraction of sp³-hybridized carbons (Fsp3) is 0.545. The topological polar surface area (TPSA) is 20.3 Å². The summed E-state index contributed by atoms with van der Waals surface area (Å²) in [6, 6.07) is 0.400. The second-order valence-corrected chi connectivity index (χ2v) is 3.97. The molecule has 2 heteroatoms. The lowest BCUT2D eigenvalue weighted by atomic mass is 9.90. The standard InChI is InChI=1S/C11H15NO/c1-8-6-10-4-3-5-11(13)12(10)7-9(8)2/h7,10H,1,3-6H2,2H3. The summed E-state index contributed by atoms with van der Waals surface area (Å²) in [4.78, 5) is 13.4. The molecular weight excluding hydrogens is 162 g/mol. The van der Waals surface area contributed by atoms with Gasteiger partial charge in [0.15, 0.2) is 0 Å². The molecule has 0 aromatic carbocycles. The van der Waals surface area contributed by atoms with Crippen LogP contribution in [0.5, 0.6) is 0 Å². The Morgan fingerprint density at radius 1 is 1.62 bits per heavy atom. The molecule has 1 atom stereocenters.